The number of hydrogen-bond donors (Lipinski definition) is 1. The second-order valence-corrected chi connectivity index (χ2v) is 5.02. The Kier molecular flexibility index (Phi) is 6.61. The third kappa shape index (κ3) is 4.56. The topological polar surface area (TPSA) is 21.3 Å². The maximum atomic E-state index is 13.7. The molecule has 0 bridgehead atoms. The van der Waals surface area contributed by atoms with E-state index in [0.29, 0.717) is 29.5 Å². The highest BCUT2D eigenvalue weighted by Crippen LogP contribution is 2.23. The first kappa shape index (κ1) is 15.4. The molecule has 0 saturated carbocycles. The Morgan fingerprint density at radius 1 is 1.39 bits per heavy atom. The quantitative estimate of drug-likeness (QED) is 0.770. The molecule has 1 N–H and O–H groups in total. The second-order valence-electron chi connectivity index (χ2n) is 4.62. The molecule has 0 radical (unpaired) electrons. The summed E-state index contributed by atoms with van der Waals surface area (Å²) in [4.78, 5) is 0. The first-order chi connectivity index (χ1) is 8.56. The van der Waals surface area contributed by atoms with Gasteiger partial charge in [-0.05, 0) is 31.4 Å². The Balaban J connectivity index is 2.55. The fourth-order valence-corrected chi connectivity index (χ4v) is 2.06. The average molecular weight is 274 g/mol. The predicted molar refractivity (Wildman–Crippen MR) is 73.6 cm³/mol. The molecule has 0 fully saturated rings. The van der Waals surface area contributed by atoms with Crippen molar-refractivity contribution in [2.24, 2.45) is 5.92 Å². The second kappa shape index (κ2) is 7.72. The van der Waals surface area contributed by atoms with Crippen LogP contribution in [0.5, 0.6) is 0 Å². The van der Waals surface area contributed by atoms with E-state index < -0.39 is 0 Å². The SMILES string of the molecule is COCCNC(C)C(C)Cc1c(F)cccc1Cl. The molecule has 1 rings (SSSR count). The molecule has 18 heavy (non-hydrogen) atoms. The molecule has 0 aliphatic rings. The van der Waals surface area contributed by atoms with Gasteiger partial charge in [0, 0.05) is 30.3 Å². The number of nitrogens with one attached hydrogen (secondary N) is 1. The molecule has 0 heterocycles. The number of methoxy groups -OCH3 is 1. The third-order valence-corrected chi connectivity index (χ3v) is 3.57. The van der Waals surface area contributed by atoms with Crippen LogP contribution in [0.4, 0.5) is 4.39 Å². The van der Waals surface area contributed by atoms with Crippen LogP contribution >= 0.6 is 11.6 Å². The van der Waals surface area contributed by atoms with Gasteiger partial charge in [-0.15, -0.1) is 0 Å². The fourth-order valence-electron chi connectivity index (χ4n) is 1.82. The van der Waals surface area contributed by atoms with Crippen LogP contribution in [0, 0.1) is 11.7 Å². The van der Waals surface area contributed by atoms with Gasteiger partial charge in [0.1, 0.15) is 5.82 Å². The van der Waals surface area contributed by atoms with Crippen molar-refractivity contribution in [3.8, 4) is 0 Å². The van der Waals surface area contributed by atoms with Crippen LogP contribution in [0.3, 0.4) is 0 Å². The molecule has 4 heteroatoms. The average Bonchev–Trinajstić information content (AvgIpc) is 2.34. The molecule has 1 aromatic carbocycles. The molecule has 2 atom stereocenters. The predicted octanol–water partition coefficient (Wildman–Crippen LogP) is 3.28. The van der Waals surface area contributed by atoms with E-state index in [1.807, 2.05) is 0 Å². The zero-order valence-corrected chi connectivity index (χ0v) is 11.9. The third-order valence-electron chi connectivity index (χ3n) is 3.21. The molecule has 2 nitrogen and oxygen atoms in total. The summed E-state index contributed by atoms with van der Waals surface area (Å²) in [6.07, 6.45) is 0.632. The fraction of sp³-hybridized carbons (Fsp3) is 0.571. The van der Waals surface area contributed by atoms with E-state index in [-0.39, 0.29) is 11.9 Å². The summed E-state index contributed by atoms with van der Waals surface area (Å²) >= 11 is 6.02. The monoisotopic (exact) mass is 273 g/mol. The zero-order chi connectivity index (χ0) is 13.5. The van der Waals surface area contributed by atoms with Gasteiger partial charge in [0.25, 0.3) is 0 Å². The van der Waals surface area contributed by atoms with Crippen molar-refractivity contribution in [1.29, 1.82) is 0 Å². The van der Waals surface area contributed by atoms with Gasteiger partial charge in [0.05, 0.1) is 6.61 Å². The Morgan fingerprint density at radius 2 is 2.11 bits per heavy atom. The number of hydrogen-bond acceptors (Lipinski definition) is 2. The minimum absolute atomic E-state index is 0.224. The van der Waals surface area contributed by atoms with Crippen LogP contribution in [-0.2, 0) is 11.2 Å². The van der Waals surface area contributed by atoms with Gasteiger partial charge in [0.15, 0.2) is 0 Å². The Hall–Kier alpha value is -0.640. The number of ether oxygens (including phenoxy) is 1. The van der Waals surface area contributed by atoms with Gasteiger partial charge in [-0.1, -0.05) is 24.6 Å². The lowest BCUT2D eigenvalue weighted by atomic mass is 9.94. The first-order valence-corrected chi connectivity index (χ1v) is 6.59. The normalized spacial score (nSPS) is 14.5. The molecule has 0 aromatic heterocycles. The van der Waals surface area contributed by atoms with Gasteiger partial charge in [-0.2, -0.15) is 0 Å². The molecule has 0 aliphatic heterocycles. The van der Waals surface area contributed by atoms with Gasteiger partial charge in [0.2, 0.25) is 0 Å². The Bertz CT molecular complexity index is 353. The maximum absolute atomic E-state index is 13.7. The molecule has 0 aliphatic carbocycles. The summed E-state index contributed by atoms with van der Waals surface area (Å²) in [6, 6.07) is 5.11. The zero-order valence-electron chi connectivity index (χ0n) is 11.2. The van der Waals surface area contributed by atoms with Crippen molar-refractivity contribution < 1.29 is 9.13 Å². The lowest BCUT2D eigenvalue weighted by molar-refractivity contribution is 0.192. The van der Waals surface area contributed by atoms with Gasteiger partial charge >= 0.3 is 0 Å². The van der Waals surface area contributed by atoms with Crippen LogP contribution in [0.1, 0.15) is 19.4 Å². The van der Waals surface area contributed by atoms with E-state index in [0.717, 1.165) is 6.54 Å². The van der Waals surface area contributed by atoms with E-state index in [1.165, 1.54) is 6.07 Å². The van der Waals surface area contributed by atoms with Gasteiger partial charge in [-0.25, -0.2) is 4.39 Å². The summed E-state index contributed by atoms with van der Waals surface area (Å²) in [7, 11) is 1.68. The molecule has 0 spiro atoms. The summed E-state index contributed by atoms with van der Waals surface area (Å²) in [6.45, 7) is 5.66. The Morgan fingerprint density at radius 3 is 2.72 bits per heavy atom. The van der Waals surface area contributed by atoms with Crippen molar-refractivity contribution in [3.63, 3.8) is 0 Å². The molecular weight excluding hydrogens is 253 g/mol. The van der Waals surface area contributed by atoms with Crippen molar-refractivity contribution in [2.75, 3.05) is 20.3 Å². The highest BCUT2D eigenvalue weighted by Gasteiger charge is 2.16. The lowest BCUT2D eigenvalue weighted by Crippen LogP contribution is -2.35. The summed E-state index contributed by atoms with van der Waals surface area (Å²) < 4.78 is 18.6. The maximum Gasteiger partial charge on any atom is 0.127 e. The van der Waals surface area contributed by atoms with Crippen molar-refractivity contribution in [1.82, 2.24) is 5.32 Å². The van der Waals surface area contributed by atoms with Gasteiger partial charge in [-0.3, -0.25) is 0 Å². The van der Waals surface area contributed by atoms with E-state index in [9.17, 15) is 4.39 Å². The molecule has 102 valence electrons. The highest BCUT2D eigenvalue weighted by molar-refractivity contribution is 6.31. The smallest absolute Gasteiger partial charge is 0.127 e. The van der Waals surface area contributed by atoms with E-state index in [2.05, 4.69) is 19.2 Å². The number of benzene rings is 1. The van der Waals surface area contributed by atoms with Crippen LogP contribution in [0.25, 0.3) is 0 Å². The van der Waals surface area contributed by atoms with Crippen LogP contribution in [-0.4, -0.2) is 26.3 Å². The molecule has 2 unspecified atom stereocenters. The largest absolute Gasteiger partial charge is 0.383 e. The van der Waals surface area contributed by atoms with Crippen molar-refractivity contribution >= 4 is 11.6 Å². The van der Waals surface area contributed by atoms with Gasteiger partial charge < -0.3 is 10.1 Å². The lowest BCUT2D eigenvalue weighted by Gasteiger charge is -2.22. The summed E-state index contributed by atoms with van der Waals surface area (Å²) in [5.74, 6) is 0.0784. The minimum Gasteiger partial charge on any atom is -0.383 e. The number of halogens is 2. The van der Waals surface area contributed by atoms with Crippen molar-refractivity contribution in [3.05, 3.63) is 34.6 Å². The van der Waals surface area contributed by atoms with Crippen LogP contribution in [0.2, 0.25) is 5.02 Å². The minimum atomic E-state index is -0.224. The van der Waals surface area contributed by atoms with Crippen LogP contribution in [0.15, 0.2) is 18.2 Å². The summed E-state index contributed by atoms with van der Waals surface area (Å²) in [5, 5.41) is 3.86. The van der Waals surface area contributed by atoms with E-state index in [1.54, 1.807) is 19.2 Å². The van der Waals surface area contributed by atoms with E-state index in [4.69, 9.17) is 16.3 Å². The molecule has 0 amide bonds. The van der Waals surface area contributed by atoms with Crippen molar-refractivity contribution in [2.45, 2.75) is 26.3 Å². The standard InChI is InChI=1S/C14H21ClFNO/c1-10(11(2)17-7-8-18-3)9-12-13(15)5-4-6-14(12)16/h4-6,10-11,17H,7-9H2,1-3H3. The molecule has 0 saturated heterocycles. The first-order valence-electron chi connectivity index (χ1n) is 6.21. The Labute approximate surface area is 113 Å². The molecule has 1 aromatic rings. The number of rotatable bonds is 7. The van der Waals surface area contributed by atoms with Crippen LogP contribution < -0.4 is 5.32 Å². The molecular formula is C14H21ClFNO. The summed E-state index contributed by atoms with van der Waals surface area (Å²) in [5.41, 5.74) is 0.604. The highest BCUT2D eigenvalue weighted by atomic mass is 35.5. The van der Waals surface area contributed by atoms with E-state index >= 15 is 0 Å².